The predicted molar refractivity (Wildman–Crippen MR) is 92.5 cm³/mol. The molecule has 0 heterocycles. The molecule has 0 bridgehead atoms. The van der Waals surface area contributed by atoms with E-state index in [1.54, 1.807) is 6.07 Å². The molecule has 0 aliphatic heterocycles. The maximum absolute atomic E-state index is 11.0. The standard InChI is InChI=1S/C20H27NO3/c1-11(21-24)16-7-8-17-15-5-3-12-9-13(22)4-6-14(12)19(15)18(23)10-20(16,17)2/h4,6,9,15-19,22-24H,3,5,7-8,10H2,1-2H3/t15?,16?,17?,18-,19?,20+/m0/s1. The van der Waals surface area contributed by atoms with Crippen molar-refractivity contribution in [2.24, 2.45) is 28.3 Å². The third kappa shape index (κ3) is 2.12. The van der Waals surface area contributed by atoms with Crippen LogP contribution >= 0.6 is 0 Å². The highest BCUT2D eigenvalue weighted by atomic mass is 16.4. The number of benzene rings is 1. The minimum Gasteiger partial charge on any atom is -0.508 e. The summed E-state index contributed by atoms with van der Waals surface area (Å²) in [6.07, 6.45) is 4.64. The van der Waals surface area contributed by atoms with Crippen LogP contribution in [0.4, 0.5) is 0 Å². The van der Waals surface area contributed by atoms with Gasteiger partial charge in [-0.05, 0) is 79.5 Å². The Morgan fingerprint density at radius 2 is 2.04 bits per heavy atom. The van der Waals surface area contributed by atoms with Gasteiger partial charge in [0.1, 0.15) is 5.75 Å². The van der Waals surface area contributed by atoms with Crippen molar-refractivity contribution in [3.05, 3.63) is 29.3 Å². The first kappa shape index (κ1) is 15.9. The van der Waals surface area contributed by atoms with E-state index in [-0.39, 0.29) is 23.4 Å². The lowest BCUT2D eigenvalue weighted by molar-refractivity contribution is -0.0459. The largest absolute Gasteiger partial charge is 0.508 e. The fourth-order valence-electron chi connectivity index (χ4n) is 6.40. The Balaban J connectivity index is 1.73. The molecule has 0 radical (unpaired) electrons. The van der Waals surface area contributed by atoms with Gasteiger partial charge in [-0.25, -0.2) is 0 Å². The van der Waals surface area contributed by atoms with Crippen molar-refractivity contribution in [3.8, 4) is 5.75 Å². The molecule has 24 heavy (non-hydrogen) atoms. The van der Waals surface area contributed by atoms with E-state index in [1.807, 2.05) is 19.1 Å². The summed E-state index contributed by atoms with van der Waals surface area (Å²) in [5.74, 6) is 1.81. The summed E-state index contributed by atoms with van der Waals surface area (Å²) in [7, 11) is 0. The Morgan fingerprint density at radius 1 is 1.25 bits per heavy atom. The molecule has 0 saturated heterocycles. The monoisotopic (exact) mass is 329 g/mol. The van der Waals surface area contributed by atoms with E-state index in [2.05, 4.69) is 12.1 Å². The highest BCUT2D eigenvalue weighted by Crippen LogP contribution is 2.63. The highest BCUT2D eigenvalue weighted by Gasteiger charge is 2.58. The number of fused-ring (bicyclic) bond motifs is 5. The number of phenolic OH excluding ortho intramolecular Hbond substituents is 1. The summed E-state index contributed by atoms with van der Waals surface area (Å²) >= 11 is 0. The molecule has 0 spiro atoms. The molecule has 4 nitrogen and oxygen atoms in total. The minimum atomic E-state index is -0.369. The Hall–Kier alpha value is -1.55. The molecule has 3 aliphatic rings. The number of rotatable bonds is 1. The van der Waals surface area contributed by atoms with E-state index in [9.17, 15) is 15.4 Å². The lowest BCUT2D eigenvalue weighted by Gasteiger charge is -2.53. The van der Waals surface area contributed by atoms with Gasteiger partial charge in [-0.1, -0.05) is 18.1 Å². The van der Waals surface area contributed by atoms with Crippen LogP contribution in [0.5, 0.6) is 5.75 Å². The smallest absolute Gasteiger partial charge is 0.115 e. The first-order valence-electron chi connectivity index (χ1n) is 9.14. The quantitative estimate of drug-likeness (QED) is 0.418. The van der Waals surface area contributed by atoms with Crippen LogP contribution in [0.1, 0.15) is 56.6 Å². The maximum atomic E-state index is 11.0. The van der Waals surface area contributed by atoms with E-state index < -0.39 is 0 Å². The van der Waals surface area contributed by atoms with Crippen LogP contribution in [0.25, 0.3) is 0 Å². The molecular formula is C20H27NO3. The first-order chi connectivity index (χ1) is 11.5. The molecule has 3 N–H and O–H groups in total. The molecule has 1 aromatic carbocycles. The SMILES string of the molecule is CC(=NO)C1CCC2C3CCc4cc(O)ccc4C3[C@@H](O)C[C@]12C. The molecule has 4 heteroatoms. The second-order valence-electron chi connectivity index (χ2n) is 8.37. The van der Waals surface area contributed by atoms with Gasteiger partial charge in [0, 0.05) is 11.8 Å². The van der Waals surface area contributed by atoms with E-state index in [0.29, 0.717) is 17.6 Å². The van der Waals surface area contributed by atoms with Crippen molar-refractivity contribution in [3.63, 3.8) is 0 Å². The zero-order valence-corrected chi connectivity index (χ0v) is 14.4. The van der Waals surface area contributed by atoms with E-state index in [1.165, 1.54) is 11.1 Å². The Morgan fingerprint density at radius 3 is 2.79 bits per heavy atom. The number of aryl methyl sites for hydroxylation is 1. The summed E-state index contributed by atoms with van der Waals surface area (Å²) in [6.45, 7) is 4.20. The van der Waals surface area contributed by atoms with Crippen LogP contribution in [-0.4, -0.2) is 27.2 Å². The van der Waals surface area contributed by atoms with Crippen molar-refractivity contribution in [1.29, 1.82) is 0 Å². The fraction of sp³-hybridized carbons (Fsp3) is 0.650. The van der Waals surface area contributed by atoms with Crippen LogP contribution in [0.15, 0.2) is 23.4 Å². The van der Waals surface area contributed by atoms with Crippen LogP contribution in [0.2, 0.25) is 0 Å². The van der Waals surface area contributed by atoms with Crippen molar-refractivity contribution in [2.45, 2.75) is 58.0 Å². The van der Waals surface area contributed by atoms with Crippen LogP contribution < -0.4 is 0 Å². The molecule has 0 aromatic heterocycles. The van der Waals surface area contributed by atoms with Gasteiger partial charge >= 0.3 is 0 Å². The van der Waals surface area contributed by atoms with Gasteiger partial charge in [-0.15, -0.1) is 0 Å². The third-order valence-corrected chi connectivity index (χ3v) is 7.35. The van der Waals surface area contributed by atoms with Crippen molar-refractivity contribution in [2.75, 3.05) is 0 Å². The summed E-state index contributed by atoms with van der Waals surface area (Å²) < 4.78 is 0. The summed E-state index contributed by atoms with van der Waals surface area (Å²) in [5.41, 5.74) is 3.26. The summed E-state index contributed by atoms with van der Waals surface area (Å²) in [5, 5.41) is 33.5. The predicted octanol–water partition coefficient (Wildman–Crippen LogP) is 3.69. The molecule has 0 amide bonds. The van der Waals surface area contributed by atoms with Crippen LogP contribution in [-0.2, 0) is 6.42 Å². The first-order valence-corrected chi connectivity index (χ1v) is 9.14. The molecule has 3 aliphatic carbocycles. The van der Waals surface area contributed by atoms with Crippen LogP contribution in [0.3, 0.4) is 0 Å². The number of nitrogens with zero attached hydrogens (tertiary/aromatic N) is 1. The average Bonchev–Trinajstić information content (AvgIpc) is 2.90. The topological polar surface area (TPSA) is 73.1 Å². The second kappa shape index (κ2) is 5.48. The third-order valence-electron chi connectivity index (χ3n) is 7.35. The number of hydrogen-bond donors (Lipinski definition) is 3. The Kier molecular flexibility index (Phi) is 3.64. The molecule has 1 aromatic rings. The lowest BCUT2D eigenvalue weighted by atomic mass is 9.53. The molecule has 4 unspecified atom stereocenters. The van der Waals surface area contributed by atoms with Gasteiger partial charge in [0.2, 0.25) is 0 Å². The van der Waals surface area contributed by atoms with Gasteiger partial charge in [0.05, 0.1) is 11.8 Å². The number of aliphatic hydroxyl groups is 1. The second-order valence-corrected chi connectivity index (χ2v) is 8.37. The molecule has 2 fully saturated rings. The molecular weight excluding hydrogens is 302 g/mol. The molecule has 4 rings (SSSR count). The molecule has 130 valence electrons. The van der Waals surface area contributed by atoms with Gasteiger partial charge in [0.15, 0.2) is 0 Å². The number of oxime groups is 1. The number of hydrogen-bond acceptors (Lipinski definition) is 4. The summed E-state index contributed by atoms with van der Waals surface area (Å²) in [4.78, 5) is 0. The lowest BCUT2D eigenvalue weighted by Crippen LogP contribution is -2.49. The van der Waals surface area contributed by atoms with Gasteiger partial charge in [-0.2, -0.15) is 0 Å². The highest BCUT2D eigenvalue weighted by molar-refractivity contribution is 5.85. The van der Waals surface area contributed by atoms with E-state index >= 15 is 0 Å². The zero-order chi connectivity index (χ0) is 17.1. The average molecular weight is 329 g/mol. The maximum Gasteiger partial charge on any atom is 0.115 e. The number of aliphatic hydroxyl groups excluding tert-OH is 1. The van der Waals surface area contributed by atoms with Crippen molar-refractivity contribution >= 4 is 5.71 Å². The zero-order valence-electron chi connectivity index (χ0n) is 14.4. The molecule has 2 saturated carbocycles. The Bertz CT molecular complexity index is 685. The normalized spacial score (nSPS) is 41.5. The van der Waals surface area contributed by atoms with Crippen LogP contribution in [0, 0.1) is 23.2 Å². The van der Waals surface area contributed by atoms with E-state index in [0.717, 1.165) is 37.8 Å². The van der Waals surface area contributed by atoms with Gasteiger partial charge < -0.3 is 15.4 Å². The number of phenols is 1. The van der Waals surface area contributed by atoms with Crippen molar-refractivity contribution in [1.82, 2.24) is 0 Å². The number of aromatic hydroxyl groups is 1. The van der Waals surface area contributed by atoms with Gasteiger partial charge in [0.25, 0.3) is 0 Å². The molecule has 6 atom stereocenters. The van der Waals surface area contributed by atoms with Gasteiger partial charge in [-0.3, -0.25) is 0 Å². The minimum absolute atomic E-state index is 0.0192. The Labute approximate surface area is 143 Å². The fourth-order valence-corrected chi connectivity index (χ4v) is 6.40. The van der Waals surface area contributed by atoms with E-state index in [4.69, 9.17) is 0 Å². The summed E-state index contributed by atoms with van der Waals surface area (Å²) in [6, 6.07) is 5.63. The van der Waals surface area contributed by atoms with Crippen molar-refractivity contribution < 1.29 is 15.4 Å².